The minimum Gasteiger partial charge on any atom is -0.354 e. The van der Waals surface area contributed by atoms with Crippen molar-refractivity contribution in [3.8, 4) is 11.4 Å². The van der Waals surface area contributed by atoms with E-state index in [1.54, 1.807) is 6.92 Å². The molecule has 1 aliphatic carbocycles. The van der Waals surface area contributed by atoms with E-state index in [9.17, 15) is 18.0 Å². The van der Waals surface area contributed by atoms with E-state index in [-0.39, 0.29) is 17.3 Å². The Balaban J connectivity index is 1.65. The molecule has 1 saturated carbocycles. The van der Waals surface area contributed by atoms with Gasteiger partial charge >= 0.3 is 6.18 Å². The number of rotatable bonds is 5. The van der Waals surface area contributed by atoms with Gasteiger partial charge in [0.15, 0.2) is 0 Å². The van der Waals surface area contributed by atoms with Crippen molar-refractivity contribution in [2.75, 3.05) is 6.54 Å². The van der Waals surface area contributed by atoms with Crippen LogP contribution in [0.15, 0.2) is 24.3 Å². The summed E-state index contributed by atoms with van der Waals surface area (Å²) in [5.74, 6) is 0.320. The average molecular weight is 381 g/mol. The first-order chi connectivity index (χ1) is 12.8. The predicted octanol–water partition coefficient (Wildman–Crippen LogP) is 3.62. The van der Waals surface area contributed by atoms with Gasteiger partial charge in [0.05, 0.1) is 5.56 Å². The molecule has 0 saturated heterocycles. The molecule has 0 bridgehead atoms. The Morgan fingerprint density at radius 2 is 2.04 bits per heavy atom. The largest absolute Gasteiger partial charge is 0.416 e. The Labute approximate surface area is 155 Å². The van der Waals surface area contributed by atoms with E-state index in [4.69, 9.17) is 0 Å². The highest BCUT2D eigenvalue weighted by atomic mass is 19.4. The lowest BCUT2D eigenvalue weighted by Gasteiger charge is -2.22. The number of hydrogen-bond acceptors (Lipinski definition) is 4. The van der Waals surface area contributed by atoms with Gasteiger partial charge in [-0.15, -0.1) is 10.2 Å². The lowest BCUT2D eigenvalue weighted by atomic mass is 9.89. The number of halogens is 3. The van der Waals surface area contributed by atoms with Crippen molar-refractivity contribution < 1.29 is 18.0 Å². The van der Waals surface area contributed by atoms with Crippen molar-refractivity contribution in [1.29, 1.82) is 0 Å². The fourth-order valence-corrected chi connectivity index (χ4v) is 3.23. The van der Waals surface area contributed by atoms with Gasteiger partial charge in [-0.25, -0.2) is 0 Å². The Morgan fingerprint density at radius 1 is 1.30 bits per heavy atom. The molecule has 1 unspecified atom stereocenters. The standard InChI is InChI=1S/C18H22F3N5O/c1-12(17(27)22-11-13-6-3-2-4-7-13)26-24-16(23-25-26)14-8-5-9-15(10-14)18(19,20)21/h5,8-10,12-13H,2-4,6-7,11H2,1H3,(H,22,27). The Hall–Kier alpha value is -2.45. The molecular formula is C18H22F3N5O. The Kier molecular flexibility index (Phi) is 5.76. The predicted molar refractivity (Wildman–Crippen MR) is 92.6 cm³/mol. The Morgan fingerprint density at radius 3 is 2.74 bits per heavy atom. The van der Waals surface area contributed by atoms with Gasteiger partial charge in [0.25, 0.3) is 0 Å². The van der Waals surface area contributed by atoms with Crippen molar-refractivity contribution in [3.05, 3.63) is 29.8 Å². The molecule has 3 rings (SSSR count). The van der Waals surface area contributed by atoms with Crippen LogP contribution in [0.2, 0.25) is 0 Å². The molecule has 1 aromatic heterocycles. The lowest BCUT2D eigenvalue weighted by molar-refractivity contribution is -0.137. The molecule has 1 aliphatic rings. The second-order valence-corrected chi connectivity index (χ2v) is 6.94. The molecule has 0 spiro atoms. The number of alkyl halides is 3. The van der Waals surface area contributed by atoms with Crippen molar-refractivity contribution >= 4 is 5.91 Å². The average Bonchev–Trinajstić information content (AvgIpc) is 3.16. The van der Waals surface area contributed by atoms with Crippen molar-refractivity contribution in [2.24, 2.45) is 5.92 Å². The maximum atomic E-state index is 12.8. The minimum atomic E-state index is -4.45. The van der Waals surface area contributed by atoms with Crippen LogP contribution in [0.5, 0.6) is 0 Å². The molecule has 1 atom stereocenters. The molecule has 1 fully saturated rings. The smallest absolute Gasteiger partial charge is 0.354 e. The zero-order valence-electron chi connectivity index (χ0n) is 15.0. The van der Waals surface area contributed by atoms with Crippen molar-refractivity contribution in [1.82, 2.24) is 25.5 Å². The van der Waals surface area contributed by atoms with Gasteiger partial charge in [0, 0.05) is 12.1 Å². The van der Waals surface area contributed by atoms with Crippen LogP contribution < -0.4 is 5.32 Å². The van der Waals surface area contributed by atoms with E-state index < -0.39 is 17.8 Å². The Bertz CT molecular complexity index is 783. The van der Waals surface area contributed by atoms with Gasteiger partial charge < -0.3 is 5.32 Å². The first kappa shape index (κ1) is 19.3. The molecule has 1 amide bonds. The fraction of sp³-hybridized carbons (Fsp3) is 0.556. The highest BCUT2D eigenvalue weighted by molar-refractivity contribution is 5.79. The van der Waals surface area contributed by atoms with Crippen LogP contribution >= 0.6 is 0 Å². The number of nitrogens with zero attached hydrogens (tertiary/aromatic N) is 4. The molecule has 0 aliphatic heterocycles. The van der Waals surface area contributed by atoms with Crippen LogP contribution in [0, 0.1) is 5.92 Å². The summed E-state index contributed by atoms with van der Waals surface area (Å²) in [4.78, 5) is 13.5. The summed E-state index contributed by atoms with van der Waals surface area (Å²) in [6.45, 7) is 2.26. The summed E-state index contributed by atoms with van der Waals surface area (Å²) >= 11 is 0. The van der Waals surface area contributed by atoms with E-state index in [1.165, 1.54) is 31.4 Å². The molecule has 146 valence electrons. The number of carbonyl (C=O) groups is 1. The van der Waals surface area contributed by atoms with Crippen LogP contribution in [-0.2, 0) is 11.0 Å². The molecule has 1 N–H and O–H groups in total. The van der Waals surface area contributed by atoms with E-state index in [2.05, 4.69) is 20.7 Å². The minimum absolute atomic E-state index is 0.0491. The van der Waals surface area contributed by atoms with Gasteiger partial charge in [-0.2, -0.15) is 18.0 Å². The highest BCUT2D eigenvalue weighted by Gasteiger charge is 2.31. The van der Waals surface area contributed by atoms with Gasteiger partial charge in [0.2, 0.25) is 11.7 Å². The summed E-state index contributed by atoms with van der Waals surface area (Å²) in [5.41, 5.74) is -0.583. The molecule has 0 radical (unpaired) electrons. The SMILES string of the molecule is CC(C(=O)NCC1CCCCC1)n1nnc(-c2cccc(C(F)(F)F)c2)n1. The van der Waals surface area contributed by atoms with Gasteiger partial charge in [-0.3, -0.25) is 4.79 Å². The van der Waals surface area contributed by atoms with Crippen LogP contribution in [0.25, 0.3) is 11.4 Å². The van der Waals surface area contributed by atoms with E-state index in [0.717, 1.165) is 29.8 Å². The zero-order valence-corrected chi connectivity index (χ0v) is 15.0. The second kappa shape index (κ2) is 8.06. The molecule has 27 heavy (non-hydrogen) atoms. The van der Waals surface area contributed by atoms with E-state index in [1.807, 2.05) is 0 Å². The number of carbonyl (C=O) groups excluding carboxylic acids is 1. The maximum absolute atomic E-state index is 12.8. The van der Waals surface area contributed by atoms with Crippen LogP contribution in [-0.4, -0.2) is 32.7 Å². The first-order valence-corrected chi connectivity index (χ1v) is 9.09. The second-order valence-electron chi connectivity index (χ2n) is 6.94. The monoisotopic (exact) mass is 381 g/mol. The maximum Gasteiger partial charge on any atom is 0.416 e. The number of hydrogen-bond donors (Lipinski definition) is 1. The van der Waals surface area contributed by atoms with Gasteiger partial charge in [0.1, 0.15) is 6.04 Å². The third-order valence-electron chi connectivity index (χ3n) is 4.89. The summed E-state index contributed by atoms with van der Waals surface area (Å²) in [6.07, 6.45) is 1.44. The third kappa shape index (κ3) is 4.84. The van der Waals surface area contributed by atoms with E-state index in [0.29, 0.717) is 12.5 Å². The fourth-order valence-electron chi connectivity index (χ4n) is 3.23. The van der Waals surface area contributed by atoms with Crippen molar-refractivity contribution in [3.63, 3.8) is 0 Å². The van der Waals surface area contributed by atoms with Crippen LogP contribution in [0.1, 0.15) is 50.6 Å². The molecule has 1 heterocycles. The zero-order chi connectivity index (χ0) is 19.4. The summed E-state index contributed by atoms with van der Waals surface area (Å²) < 4.78 is 38.5. The summed E-state index contributed by atoms with van der Waals surface area (Å²) in [6, 6.07) is 4.02. The van der Waals surface area contributed by atoms with Crippen LogP contribution in [0.4, 0.5) is 13.2 Å². The van der Waals surface area contributed by atoms with Crippen molar-refractivity contribution in [2.45, 2.75) is 51.2 Å². The molecule has 2 aromatic rings. The molecule has 9 heteroatoms. The number of aromatic nitrogens is 4. The quantitative estimate of drug-likeness (QED) is 0.859. The highest BCUT2D eigenvalue weighted by Crippen LogP contribution is 2.31. The number of tetrazole rings is 1. The first-order valence-electron chi connectivity index (χ1n) is 9.09. The third-order valence-corrected chi connectivity index (χ3v) is 4.89. The van der Waals surface area contributed by atoms with Gasteiger partial charge in [-0.05, 0) is 43.0 Å². The molecule has 6 nitrogen and oxygen atoms in total. The topological polar surface area (TPSA) is 72.7 Å². The number of amides is 1. The van der Waals surface area contributed by atoms with E-state index >= 15 is 0 Å². The molecular weight excluding hydrogens is 359 g/mol. The number of nitrogens with one attached hydrogen (secondary N) is 1. The lowest BCUT2D eigenvalue weighted by Crippen LogP contribution is -2.35. The van der Waals surface area contributed by atoms with Gasteiger partial charge in [-0.1, -0.05) is 31.4 Å². The summed E-state index contributed by atoms with van der Waals surface area (Å²) in [5, 5.41) is 14.6. The number of benzene rings is 1. The molecule has 1 aromatic carbocycles. The normalized spacial score (nSPS) is 16.9. The summed E-state index contributed by atoms with van der Waals surface area (Å²) in [7, 11) is 0. The van der Waals surface area contributed by atoms with Crippen LogP contribution in [0.3, 0.4) is 0 Å².